The van der Waals surface area contributed by atoms with E-state index in [2.05, 4.69) is 9.97 Å². The lowest BCUT2D eigenvalue weighted by molar-refractivity contribution is -0.134. The highest BCUT2D eigenvalue weighted by molar-refractivity contribution is 5.80. The van der Waals surface area contributed by atoms with E-state index in [0.717, 1.165) is 36.0 Å². The molecular formula is C20H22N4O2. The van der Waals surface area contributed by atoms with E-state index in [1.54, 1.807) is 18.7 Å². The number of hydrogen-bond acceptors (Lipinski definition) is 4. The van der Waals surface area contributed by atoms with Crippen LogP contribution >= 0.6 is 0 Å². The van der Waals surface area contributed by atoms with Gasteiger partial charge in [-0.05, 0) is 42.7 Å². The van der Waals surface area contributed by atoms with Gasteiger partial charge in [-0.25, -0.2) is 4.98 Å². The molecule has 4 rings (SSSR count). The minimum atomic E-state index is 0.0699. The SMILES string of the molecule is O=C(Cn1cnc2ccccc21)N(Cc1ccncc1)CC1CCCO1. The molecule has 1 saturated heterocycles. The fraction of sp³-hybridized carbons (Fsp3) is 0.350. The zero-order valence-electron chi connectivity index (χ0n) is 14.6. The van der Waals surface area contributed by atoms with Crippen LogP contribution in [-0.4, -0.2) is 44.6 Å². The van der Waals surface area contributed by atoms with E-state index in [1.165, 1.54) is 0 Å². The van der Waals surface area contributed by atoms with Crippen LogP contribution in [0.15, 0.2) is 55.1 Å². The maximum Gasteiger partial charge on any atom is 0.242 e. The average molecular weight is 350 g/mol. The Balaban J connectivity index is 1.52. The number of ether oxygens (including phenoxy) is 1. The van der Waals surface area contributed by atoms with E-state index < -0.39 is 0 Å². The van der Waals surface area contributed by atoms with Crippen molar-refractivity contribution in [3.05, 3.63) is 60.7 Å². The van der Waals surface area contributed by atoms with Gasteiger partial charge in [-0.1, -0.05) is 12.1 Å². The third kappa shape index (κ3) is 3.75. The van der Waals surface area contributed by atoms with Gasteiger partial charge in [0, 0.05) is 32.1 Å². The number of aromatic nitrogens is 3. The number of fused-ring (bicyclic) bond motifs is 1. The van der Waals surface area contributed by atoms with Crippen molar-refractivity contribution in [3.63, 3.8) is 0 Å². The Morgan fingerprint density at radius 1 is 1.23 bits per heavy atom. The molecule has 1 atom stereocenters. The van der Waals surface area contributed by atoms with Crippen molar-refractivity contribution in [1.29, 1.82) is 0 Å². The predicted octanol–water partition coefficient (Wildman–Crippen LogP) is 2.64. The molecule has 0 aliphatic carbocycles. The maximum atomic E-state index is 13.1. The Morgan fingerprint density at radius 2 is 2.08 bits per heavy atom. The quantitative estimate of drug-likeness (QED) is 0.686. The number of carbonyl (C=O) groups excluding carboxylic acids is 1. The summed E-state index contributed by atoms with van der Waals surface area (Å²) in [7, 11) is 0. The van der Waals surface area contributed by atoms with Crippen molar-refractivity contribution in [2.75, 3.05) is 13.2 Å². The third-order valence-corrected chi connectivity index (χ3v) is 4.76. The summed E-state index contributed by atoms with van der Waals surface area (Å²) in [5.41, 5.74) is 2.95. The number of imidazole rings is 1. The normalized spacial score (nSPS) is 16.8. The third-order valence-electron chi connectivity index (χ3n) is 4.76. The van der Waals surface area contributed by atoms with Gasteiger partial charge < -0.3 is 14.2 Å². The highest BCUT2D eigenvalue weighted by atomic mass is 16.5. The van der Waals surface area contributed by atoms with Crippen LogP contribution in [0.3, 0.4) is 0 Å². The summed E-state index contributed by atoms with van der Waals surface area (Å²) < 4.78 is 7.66. The standard InChI is InChI=1S/C20H22N4O2/c25-20(14-24-15-22-18-5-1-2-6-19(18)24)23(13-17-4-3-11-26-17)12-16-7-9-21-10-8-16/h1-2,5-10,15,17H,3-4,11-14H2. The molecular weight excluding hydrogens is 328 g/mol. The van der Waals surface area contributed by atoms with Crippen molar-refractivity contribution in [2.45, 2.75) is 32.0 Å². The first kappa shape index (κ1) is 16.7. The van der Waals surface area contributed by atoms with Crippen LogP contribution in [0.25, 0.3) is 11.0 Å². The molecule has 0 spiro atoms. The fourth-order valence-corrected chi connectivity index (χ4v) is 3.38. The first-order valence-electron chi connectivity index (χ1n) is 8.98. The Kier molecular flexibility index (Phi) is 4.93. The van der Waals surface area contributed by atoms with Crippen LogP contribution < -0.4 is 0 Å². The molecule has 6 nitrogen and oxygen atoms in total. The Labute approximate surface area is 152 Å². The lowest BCUT2D eigenvalue weighted by Gasteiger charge is -2.26. The lowest BCUT2D eigenvalue weighted by Crippen LogP contribution is -2.38. The molecule has 134 valence electrons. The van der Waals surface area contributed by atoms with Crippen LogP contribution in [0.1, 0.15) is 18.4 Å². The summed E-state index contributed by atoms with van der Waals surface area (Å²) in [5, 5.41) is 0. The van der Waals surface area contributed by atoms with Crippen molar-refractivity contribution >= 4 is 16.9 Å². The highest BCUT2D eigenvalue weighted by Crippen LogP contribution is 2.17. The highest BCUT2D eigenvalue weighted by Gasteiger charge is 2.23. The van der Waals surface area contributed by atoms with Crippen molar-refractivity contribution in [3.8, 4) is 0 Å². The van der Waals surface area contributed by atoms with E-state index in [-0.39, 0.29) is 18.6 Å². The second-order valence-electron chi connectivity index (χ2n) is 6.63. The summed E-state index contributed by atoms with van der Waals surface area (Å²) in [6.45, 7) is 2.24. The Hall–Kier alpha value is -2.73. The van der Waals surface area contributed by atoms with Gasteiger partial charge in [0.15, 0.2) is 0 Å². The van der Waals surface area contributed by atoms with E-state index >= 15 is 0 Å². The number of para-hydroxylation sites is 2. The van der Waals surface area contributed by atoms with Crippen LogP contribution in [0.5, 0.6) is 0 Å². The molecule has 3 heterocycles. The molecule has 1 aromatic carbocycles. The number of pyridine rings is 1. The van der Waals surface area contributed by atoms with Crippen LogP contribution in [0.4, 0.5) is 0 Å². The zero-order chi connectivity index (χ0) is 17.8. The molecule has 6 heteroatoms. The number of amides is 1. The number of nitrogens with zero attached hydrogens (tertiary/aromatic N) is 4. The molecule has 1 amide bonds. The zero-order valence-corrected chi connectivity index (χ0v) is 14.6. The second kappa shape index (κ2) is 7.66. The molecule has 26 heavy (non-hydrogen) atoms. The van der Waals surface area contributed by atoms with E-state index in [4.69, 9.17) is 4.74 Å². The summed E-state index contributed by atoms with van der Waals surface area (Å²) in [5.74, 6) is 0.0699. The molecule has 3 aromatic rings. The average Bonchev–Trinajstić information content (AvgIpc) is 3.32. The molecule has 1 aliphatic heterocycles. The summed E-state index contributed by atoms with van der Waals surface area (Å²) >= 11 is 0. The summed E-state index contributed by atoms with van der Waals surface area (Å²) in [6, 6.07) is 11.8. The number of carbonyl (C=O) groups is 1. The predicted molar refractivity (Wildman–Crippen MR) is 98.4 cm³/mol. The number of hydrogen-bond donors (Lipinski definition) is 0. The molecule has 1 aliphatic rings. The largest absolute Gasteiger partial charge is 0.376 e. The van der Waals surface area contributed by atoms with Gasteiger partial charge in [0.2, 0.25) is 5.91 Å². The maximum absolute atomic E-state index is 13.1. The molecule has 0 saturated carbocycles. The number of benzene rings is 1. The molecule has 0 bridgehead atoms. The van der Waals surface area contributed by atoms with E-state index in [9.17, 15) is 4.79 Å². The topological polar surface area (TPSA) is 60.2 Å². The first-order valence-corrected chi connectivity index (χ1v) is 8.98. The monoisotopic (exact) mass is 350 g/mol. The minimum absolute atomic E-state index is 0.0699. The fourth-order valence-electron chi connectivity index (χ4n) is 3.38. The number of rotatable bonds is 6. The molecule has 2 aromatic heterocycles. The second-order valence-corrected chi connectivity index (χ2v) is 6.63. The molecule has 1 fully saturated rings. The van der Waals surface area contributed by atoms with Crippen LogP contribution in [0, 0.1) is 0 Å². The molecule has 1 unspecified atom stereocenters. The van der Waals surface area contributed by atoms with Gasteiger partial charge in [0.1, 0.15) is 6.54 Å². The van der Waals surface area contributed by atoms with Gasteiger partial charge in [0.05, 0.1) is 23.5 Å². The van der Waals surface area contributed by atoms with Crippen LogP contribution in [0.2, 0.25) is 0 Å². The van der Waals surface area contributed by atoms with Gasteiger partial charge in [-0.2, -0.15) is 0 Å². The van der Waals surface area contributed by atoms with Gasteiger partial charge in [-0.3, -0.25) is 9.78 Å². The lowest BCUT2D eigenvalue weighted by atomic mass is 10.2. The smallest absolute Gasteiger partial charge is 0.242 e. The van der Waals surface area contributed by atoms with Gasteiger partial charge in [0.25, 0.3) is 0 Å². The first-order chi connectivity index (χ1) is 12.8. The molecule has 0 radical (unpaired) electrons. The molecule has 0 N–H and O–H groups in total. The summed E-state index contributed by atoms with van der Waals surface area (Å²) in [4.78, 5) is 23.4. The van der Waals surface area contributed by atoms with E-state index in [0.29, 0.717) is 13.1 Å². The summed E-state index contributed by atoms with van der Waals surface area (Å²) in [6.07, 6.45) is 7.45. The van der Waals surface area contributed by atoms with Gasteiger partial charge >= 0.3 is 0 Å². The van der Waals surface area contributed by atoms with Crippen molar-refractivity contribution < 1.29 is 9.53 Å². The van der Waals surface area contributed by atoms with E-state index in [1.807, 2.05) is 45.9 Å². The minimum Gasteiger partial charge on any atom is -0.376 e. The Morgan fingerprint density at radius 3 is 2.88 bits per heavy atom. The van der Waals surface area contributed by atoms with Crippen molar-refractivity contribution in [1.82, 2.24) is 19.4 Å². The Bertz CT molecular complexity index is 872. The van der Waals surface area contributed by atoms with Crippen molar-refractivity contribution in [2.24, 2.45) is 0 Å². The van der Waals surface area contributed by atoms with Crippen LogP contribution in [-0.2, 0) is 22.6 Å². The van der Waals surface area contributed by atoms with Gasteiger partial charge in [-0.15, -0.1) is 0 Å².